The molecule has 1 aliphatic rings. The second-order valence-electron chi connectivity index (χ2n) is 5.55. The molecule has 1 fully saturated rings. The van der Waals surface area contributed by atoms with Gasteiger partial charge >= 0.3 is 5.97 Å². The number of sulfone groups is 1. The summed E-state index contributed by atoms with van der Waals surface area (Å²) in [4.78, 5) is 20.7. The van der Waals surface area contributed by atoms with Gasteiger partial charge in [0.1, 0.15) is 5.82 Å². The van der Waals surface area contributed by atoms with Crippen LogP contribution >= 0.6 is 11.6 Å². The monoisotopic (exact) mass is 377 g/mol. The highest BCUT2D eigenvalue weighted by Crippen LogP contribution is 2.22. The molecule has 0 bridgehead atoms. The van der Waals surface area contributed by atoms with Crippen LogP contribution in [0.2, 0.25) is 5.28 Å². The maximum absolute atomic E-state index is 12.0. The molecule has 10 heteroatoms. The van der Waals surface area contributed by atoms with Gasteiger partial charge in [0.05, 0.1) is 42.9 Å². The minimum Gasteiger partial charge on any atom is -0.481 e. The number of aromatic nitrogens is 2. The van der Waals surface area contributed by atoms with Crippen molar-refractivity contribution in [2.24, 2.45) is 0 Å². The maximum Gasteiger partial charge on any atom is 0.304 e. The SMILES string of the molecule is CC[C@H]1COCCN1c1cc(CS(=O)(=O)CCC(=O)O)nc(Cl)n1. The number of ether oxygens (including phenoxy) is 1. The minimum absolute atomic E-state index is 0.0303. The summed E-state index contributed by atoms with van der Waals surface area (Å²) < 4.78 is 29.5. The molecule has 2 heterocycles. The number of halogens is 1. The molecule has 0 unspecified atom stereocenters. The van der Waals surface area contributed by atoms with Crippen molar-refractivity contribution in [1.29, 1.82) is 0 Å². The number of carbonyl (C=O) groups is 1. The number of morpholine rings is 1. The predicted octanol–water partition coefficient (Wildman–Crippen LogP) is 1.13. The lowest BCUT2D eigenvalue weighted by atomic mass is 10.2. The van der Waals surface area contributed by atoms with E-state index in [0.717, 1.165) is 6.42 Å². The fourth-order valence-electron chi connectivity index (χ4n) is 2.51. The third-order valence-corrected chi connectivity index (χ3v) is 5.46. The molecule has 0 radical (unpaired) electrons. The van der Waals surface area contributed by atoms with Gasteiger partial charge in [-0.25, -0.2) is 18.4 Å². The number of aliphatic carboxylic acids is 1. The van der Waals surface area contributed by atoms with Crippen molar-refractivity contribution in [2.45, 2.75) is 31.6 Å². The van der Waals surface area contributed by atoms with E-state index in [1.54, 1.807) is 6.07 Å². The van der Waals surface area contributed by atoms with E-state index in [4.69, 9.17) is 21.4 Å². The van der Waals surface area contributed by atoms with Crippen LogP contribution in [0.25, 0.3) is 0 Å². The highest BCUT2D eigenvalue weighted by molar-refractivity contribution is 7.90. The van der Waals surface area contributed by atoms with Crippen LogP contribution in [0.4, 0.5) is 5.82 Å². The molecule has 8 nitrogen and oxygen atoms in total. The van der Waals surface area contributed by atoms with Crippen molar-refractivity contribution < 1.29 is 23.1 Å². The van der Waals surface area contributed by atoms with Gasteiger partial charge in [0.25, 0.3) is 0 Å². The van der Waals surface area contributed by atoms with Gasteiger partial charge in [0, 0.05) is 12.6 Å². The van der Waals surface area contributed by atoms with Gasteiger partial charge in [0.15, 0.2) is 9.84 Å². The maximum atomic E-state index is 12.0. The van der Waals surface area contributed by atoms with Crippen LogP contribution in [0.3, 0.4) is 0 Å². The molecular weight excluding hydrogens is 358 g/mol. The Kier molecular flexibility index (Phi) is 6.36. The van der Waals surface area contributed by atoms with Gasteiger partial charge in [-0.2, -0.15) is 0 Å². The Hall–Kier alpha value is -1.45. The highest BCUT2D eigenvalue weighted by Gasteiger charge is 2.24. The average Bonchev–Trinajstić information content (AvgIpc) is 2.52. The summed E-state index contributed by atoms with van der Waals surface area (Å²) in [5.41, 5.74) is 0.261. The van der Waals surface area contributed by atoms with E-state index in [9.17, 15) is 13.2 Å². The van der Waals surface area contributed by atoms with Gasteiger partial charge in [-0.15, -0.1) is 0 Å². The molecule has 0 spiro atoms. The fourth-order valence-corrected chi connectivity index (χ4v) is 3.93. The van der Waals surface area contributed by atoms with Gasteiger partial charge in [-0.05, 0) is 18.0 Å². The molecule has 2 rings (SSSR count). The summed E-state index contributed by atoms with van der Waals surface area (Å²) in [7, 11) is -3.59. The molecule has 1 aromatic rings. The van der Waals surface area contributed by atoms with Gasteiger partial charge in [0.2, 0.25) is 5.28 Å². The van der Waals surface area contributed by atoms with E-state index in [1.165, 1.54) is 0 Å². The highest BCUT2D eigenvalue weighted by atomic mass is 35.5. The Morgan fingerprint density at radius 1 is 1.50 bits per heavy atom. The van der Waals surface area contributed by atoms with Crippen LogP contribution in [-0.2, 0) is 25.1 Å². The van der Waals surface area contributed by atoms with Crippen molar-refractivity contribution in [2.75, 3.05) is 30.4 Å². The quantitative estimate of drug-likeness (QED) is 0.704. The molecule has 134 valence electrons. The molecular formula is C14H20ClN3O5S. The first-order valence-corrected chi connectivity index (χ1v) is 9.80. The van der Waals surface area contributed by atoms with Gasteiger partial charge < -0.3 is 14.7 Å². The van der Waals surface area contributed by atoms with E-state index in [1.807, 2.05) is 11.8 Å². The van der Waals surface area contributed by atoms with Crippen molar-refractivity contribution in [3.8, 4) is 0 Å². The average molecular weight is 378 g/mol. The second-order valence-corrected chi connectivity index (χ2v) is 8.07. The summed E-state index contributed by atoms with van der Waals surface area (Å²) >= 11 is 5.95. The Morgan fingerprint density at radius 2 is 2.25 bits per heavy atom. The van der Waals surface area contributed by atoms with Gasteiger partial charge in [-0.3, -0.25) is 4.79 Å². The van der Waals surface area contributed by atoms with Crippen LogP contribution < -0.4 is 4.90 Å². The molecule has 1 aromatic heterocycles. The standard InChI is InChI=1S/C14H20ClN3O5S/c1-2-11-8-23-5-4-18(11)12-7-10(16-14(15)17-12)9-24(21,22)6-3-13(19)20/h7,11H,2-6,8-9H2,1H3,(H,19,20)/t11-/m0/s1. The molecule has 1 atom stereocenters. The lowest BCUT2D eigenvalue weighted by Crippen LogP contribution is -2.45. The summed E-state index contributed by atoms with van der Waals surface area (Å²) in [5.74, 6) is -1.39. The minimum atomic E-state index is -3.59. The molecule has 0 aliphatic carbocycles. The summed E-state index contributed by atoms with van der Waals surface area (Å²) in [6.07, 6.45) is 0.420. The lowest BCUT2D eigenvalue weighted by molar-refractivity contribution is -0.136. The molecule has 0 amide bonds. The zero-order chi connectivity index (χ0) is 17.7. The Balaban J connectivity index is 2.20. The van der Waals surface area contributed by atoms with Crippen LogP contribution in [0.15, 0.2) is 6.07 Å². The predicted molar refractivity (Wildman–Crippen MR) is 89.0 cm³/mol. The lowest BCUT2D eigenvalue weighted by Gasteiger charge is -2.36. The van der Waals surface area contributed by atoms with E-state index < -0.39 is 28.0 Å². The smallest absolute Gasteiger partial charge is 0.304 e. The van der Waals surface area contributed by atoms with Crippen LogP contribution in [0, 0.1) is 0 Å². The fraction of sp³-hybridized carbons (Fsp3) is 0.643. The second kappa shape index (κ2) is 8.09. The van der Waals surface area contributed by atoms with E-state index in [2.05, 4.69) is 9.97 Å². The molecule has 0 aromatic carbocycles. The number of nitrogens with zero attached hydrogens (tertiary/aromatic N) is 3. The number of carboxylic acid groups (broad SMARTS) is 1. The van der Waals surface area contributed by atoms with Gasteiger partial charge in [-0.1, -0.05) is 6.92 Å². The third-order valence-electron chi connectivity index (χ3n) is 3.73. The topological polar surface area (TPSA) is 110 Å². The summed E-state index contributed by atoms with van der Waals surface area (Å²) in [6, 6.07) is 1.74. The number of hydrogen-bond donors (Lipinski definition) is 1. The first-order valence-electron chi connectivity index (χ1n) is 7.61. The van der Waals surface area contributed by atoms with Crippen LogP contribution in [-0.4, -0.2) is 61.0 Å². The van der Waals surface area contributed by atoms with Crippen LogP contribution in [0.1, 0.15) is 25.5 Å². The van der Waals surface area contributed by atoms with Crippen molar-refractivity contribution in [3.05, 3.63) is 17.0 Å². The zero-order valence-electron chi connectivity index (χ0n) is 13.3. The Labute approximate surface area is 145 Å². The van der Waals surface area contributed by atoms with Crippen LogP contribution in [0.5, 0.6) is 0 Å². The first-order chi connectivity index (χ1) is 11.3. The largest absolute Gasteiger partial charge is 0.481 e. The van der Waals surface area contributed by atoms with E-state index in [-0.39, 0.29) is 22.8 Å². The van der Waals surface area contributed by atoms with Crippen molar-refractivity contribution >= 4 is 33.2 Å². The zero-order valence-corrected chi connectivity index (χ0v) is 14.9. The number of hydrogen-bond acceptors (Lipinski definition) is 7. The number of rotatable bonds is 7. The molecule has 24 heavy (non-hydrogen) atoms. The normalized spacial score (nSPS) is 18.6. The van der Waals surface area contributed by atoms with E-state index >= 15 is 0 Å². The molecule has 0 saturated carbocycles. The van der Waals surface area contributed by atoms with Crippen molar-refractivity contribution in [1.82, 2.24) is 9.97 Å². The third kappa shape index (κ3) is 5.29. The first kappa shape index (κ1) is 18.9. The molecule has 1 N–H and O–H groups in total. The molecule has 1 aliphatic heterocycles. The molecule has 1 saturated heterocycles. The summed E-state index contributed by atoms with van der Waals surface area (Å²) in [5, 5.41) is 8.60. The van der Waals surface area contributed by atoms with Crippen molar-refractivity contribution in [3.63, 3.8) is 0 Å². The Morgan fingerprint density at radius 3 is 2.92 bits per heavy atom. The number of anilines is 1. The van der Waals surface area contributed by atoms with E-state index in [0.29, 0.717) is 25.6 Å². The summed E-state index contributed by atoms with van der Waals surface area (Å²) in [6.45, 7) is 3.80. The number of carboxylic acids is 1. The Bertz CT molecular complexity index is 698.